The number of methoxy groups -OCH3 is 1. The Morgan fingerprint density at radius 1 is 1.32 bits per heavy atom. The number of ether oxygens (including phenoxy) is 1. The number of unbranched alkanes of at least 4 members (excludes halogenated alkanes) is 1. The number of nitrogens with two attached hydrogens (primary N) is 1. The predicted octanol–water partition coefficient (Wildman–Crippen LogP) is 1.39. The Kier molecular flexibility index (Phi) is 5.62. The second-order valence-electron chi connectivity index (χ2n) is 4.92. The van der Waals surface area contributed by atoms with Gasteiger partial charge in [-0.3, -0.25) is 0 Å². The summed E-state index contributed by atoms with van der Waals surface area (Å²) in [7, 11) is 1.65. The Labute approximate surface area is 128 Å². The largest absolute Gasteiger partial charge is 0.476 e. The standard InChI is InChI=1S/C15H20N4O3/c1-22-9-3-2-4-13-14(15(20)21)17-18-19(13)12-7-5-11(10-16)6-8-12/h5-8H,2-4,9-10,16H2,1H3,(H,20,21). The Morgan fingerprint density at radius 3 is 2.64 bits per heavy atom. The second-order valence-corrected chi connectivity index (χ2v) is 4.92. The molecule has 7 nitrogen and oxygen atoms in total. The summed E-state index contributed by atoms with van der Waals surface area (Å²) in [5, 5.41) is 17.0. The van der Waals surface area contributed by atoms with Crippen LogP contribution < -0.4 is 5.73 Å². The fraction of sp³-hybridized carbons (Fsp3) is 0.400. The fourth-order valence-electron chi connectivity index (χ4n) is 2.21. The van der Waals surface area contributed by atoms with Crippen LogP contribution in [0, 0.1) is 0 Å². The van der Waals surface area contributed by atoms with Gasteiger partial charge in [0, 0.05) is 20.3 Å². The van der Waals surface area contributed by atoms with Gasteiger partial charge >= 0.3 is 5.97 Å². The van der Waals surface area contributed by atoms with Gasteiger partial charge in [0.25, 0.3) is 0 Å². The minimum absolute atomic E-state index is 0.000295. The van der Waals surface area contributed by atoms with Crippen LogP contribution in [0.15, 0.2) is 24.3 Å². The van der Waals surface area contributed by atoms with Gasteiger partial charge in [0.1, 0.15) is 0 Å². The van der Waals surface area contributed by atoms with E-state index in [4.69, 9.17) is 10.5 Å². The van der Waals surface area contributed by atoms with Crippen molar-refractivity contribution >= 4 is 5.97 Å². The summed E-state index contributed by atoms with van der Waals surface area (Å²) in [6.45, 7) is 1.11. The number of benzene rings is 1. The molecule has 0 saturated carbocycles. The average molecular weight is 304 g/mol. The Bertz CT molecular complexity index is 622. The van der Waals surface area contributed by atoms with Crippen molar-refractivity contribution in [2.45, 2.75) is 25.8 Å². The number of carbonyl (C=O) groups is 1. The van der Waals surface area contributed by atoms with Gasteiger partial charge in [0.2, 0.25) is 0 Å². The van der Waals surface area contributed by atoms with Gasteiger partial charge in [0.05, 0.1) is 11.4 Å². The van der Waals surface area contributed by atoms with Crippen LogP contribution in [0.1, 0.15) is 34.6 Å². The van der Waals surface area contributed by atoms with E-state index in [0.717, 1.165) is 24.1 Å². The van der Waals surface area contributed by atoms with E-state index in [9.17, 15) is 9.90 Å². The number of rotatable bonds is 8. The number of aromatic nitrogens is 3. The average Bonchev–Trinajstić information content (AvgIpc) is 2.95. The van der Waals surface area contributed by atoms with E-state index in [1.807, 2.05) is 24.3 Å². The van der Waals surface area contributed by atoms with Crippen LogP contribution >= 0.6 is 0 Å². The summed E-state index contributed by atoms with van der Waals surface area (Å²) in [6.07, 6.45) is 2.24. The van der Waals surface area contributed by atoms with Gasteiger partial charge in [-0.05, 0) is 37.0 Å². The minimum atomic E-state index is -1.06. The SMILES string of the molecule is COCCCCc1c(C(=O)O)nnn1-c1ccc(CN)cc1. The Morgan fingerprint density at radius 2 is 2.05 bits per heavy atom. The highest BCUT2D eigenvalue weighted by molar-refractivity contribution is 5.86. The van der Waals surface area contributed by atoms with Crippen molar-refractivity contribution < 1.29 is 14.6 Å². The van der Waals surface area contributed by atoms with Crippen molar-refractivity contribution in [3.05, 3.63) is 41.2 Å². The van der Waals surface area contributed by atoms with Gasteiger partial charge in [-0.2, -0.15) is 0 Å². The van der Waals surface area contributed by atoms with Gasteiger partial charge in [-0.25, -0.2) is 9.48 Å². The molecule has 0 fully saturated rings. The third-order valence-corrected chi connectivity index (χ3v) is 3.39. The van der Waals surface area contributed by atoms with Crippen molar-refractivity contribution in [1.82, 2.24) is 15.0 Å². The zero-order chi connectivity index (χ0) is 15.9. The molecule has 0 bridgehead atoms. The molecular formula is C15H20N4O3. The normalized spacial score (nSPS) is 10.8. The molecule has 1 aromatic carbocycles. The Hall–Kier alpha value is -2.25. The zero-order valence-electron chi connectivity index (χ0n) is 12.5. The quantitative estimate of drug-likeness (QED) is 0.714. The third-order valence-electron chi connectivity index (χ3n) is 3.39. The molecular weight excluding hydrogens is 284 g/mol. The maximum Gasteiger partial charge on any atom is 0.358 e. The van der Waals surface area contributed by atoms with E-state index < -0.39 is 5.97 Å². The molecule has 2 aromatic rings. The minimum Gasteiger partial charge on any atom is -0.476 e. The van der Waals surface area contributed by atoms with Crippen LogP contribution in [0.25, 0.3) is 5.69 Å². The number of nitrogens with zero attached hydrogens (tertiary/aromatic N) is 3. The molecule has 2 rings (SSSR count). The van der Waals surface area contributed by atoms with E-state index in [-0.39, 0.29) is 5.69 Å². The molecule has 0 amide bonds. The topological polar surface area (TPSA) is 103 Å². The highest BCUT2D eigenvalue weighted by atomic mass is 16.5. The lowest BCUT2D eigenvalue weighted by Crippen LogP contribution is -2.08. The first-order valence-electron chi connectivity index (χ1n) is 7.13. The van der Waals surface area contributed by atoms with Crippen LogP contribution in [0.4, 0.5) is 0 Å². The van der Waals surface area contributed by atoms with Crippen molar-refractivity contribution in [3.8, 4) is 5.69 Å². The number of hydrogen-bond donors (Lipinski definition) is 2. The van der Waals surface area contributed by atoms with Crippen LogP contribution in [-0.4, -0.2) is 39.8 Å². The van der Waals surface area contributed by atoms with Crippen LogP contribution in [0.5, 0.6) is 0 Å². The lowest BCUT2D eigenvalue weighted by atomic mass is 10.1. The molecule has 3 N–H and O–H groups in total. The van der Waals surface area contributed by atoms with Gasteiger partial charge in [0.15, 0.2) is 5.69 Å². The molecule has 0 aliphatic rings. The summed E-state index contributed by atoms with van der Waals surface area (Å²) in [5.74, 6) is -1.06. The maximum atomic E-state index is 11.3. The Balaban J connectivity index is 2.27. The summed E-state index contributed by atoms with van der Waals surface area (Å²) < 4.78 is 6.59. The highest BCUT2D eigenvalue weighted by Gasteiger charge is 2.19. The van der Waals surface area contributed by atoms with Gasteiger partial charge in [-0.15, -0.1) is 5.10 Å². The molecule has 0 spiro atoms. The molecule has 0 atom stereocenters. The number of carboxylic acid groups (broad SMARTS) is 1. The lowest BCUT2D eigenvalue weighted by Gasteiger charge is -2.08. The molecule has 118 valence electrons. The molecule has 1 heterocycles. The van der Waals surface area contributed by atoms with E-state index in [2.05, 4.69) is 10.3 Å². The maximum absolute atomic E-state index is 11.3. The number of carboxylic acids is 1. The van der Waals surface area contributed by atoms with Crippen LogP contribution in [-0.2, 0) is 17.7 Å². The highest BCUT2D eigenvalue weighted by Crippen LogP contribution is 2.16. The van der Waals surface area contributed by atoms with Crippen molar-refractivity contribution in [2.24, 2.45) is 5.73 Å². The van der Waals surface area contributed by atoms with E-state index in [0.29, 0.717) is 25.3 Å². The molecule has 0 unspecified atom stereocenters. The zero-order valence-corrected chi connectivity index (χ0v) is 12.5. The molecule has 22 heavy (non-hydrogen) atoms. The van der Waals surface area contributed by atoms with Gasteiger partial charge < -0.3 is 15.6 Å². The summed E-state index contributed by atoms with van der Waals surface area (Å²) in [6, 6.07) is 7.51. The fourth-order valence-corrected chi connectivity index (χ4v) is 2.21. The third kappa shape index (κ3) is 3.69. The molecule has 7 heteroatoms. The van der Waals surface area contributed by atoms with Crippen LogP contribution in [0.2, 0.25) is 0 Å². The molecule has 0 aliphatic carbocycles. The second kappa shape index (κ2) is 7.67. The molecule has 0 radical (unpaired) electrons. The van der Waals surface area contributed by atoms with Gasteiger partial charge in [-0.1, -0.05) is 17.3 Å². The smallest absolute Gasteiger partial charge is 0.358 e. The molecule has 1 aromatic heterocycles. The molecule has 0 saturated heterocycles. The summed E-state index contributed by atoms with van der Waals surface area (Å²) in [4.78, 5) is 11.3. The summed E-state index contributed by atoms with van der Waals surface area (Å²) >= 11 is 0. The van der Waals surface area contributed by atoms with E-state index in [1.165, 1.54) is 0 Å². The van der Waals surface area contributed by atoms with Crippen molar-refractivity contribution in [3.63, 3.8) is 0 Å². The van der Waals surface area contributed by atoms with E-state index in [1.54, 1.807) is 11.8 Å². The van der Waals surface area contributed by atoms with Crippen molar-refractivity contribution in [2.75, 3.05) is 13.7 Å². The van der Waals surface area contributed by atoms with Crippen LogP contribution in [0.3, 0.4) is 0 Å². The van der Waals surface area contributed by atoms with Crippen molar-refractivity contribution in [1.29, 1.82) is 0 Å². The first-order chi connectivity index (χ1) is 10.7. The first kappa shape index (κ1) is 16.1. The predicted molar refractivity (Wildman–Crippen MR) is 81.0 cm³/mol. The summed E-state index contributed by atoms with van der Waals surface area (Å²) in [5.41, 5.74) is 7.96. The first-order valence-corrected chi connectivity index (χ1v) is 7.13. The number of aromatic carboxylic acids is 1. The monoisotopic (exact) mass is 304 g/mol. The number of hydrogen-bond acceptors (Lipinski definition) is 5. The lowest BCUT2D eigenvalue weighted by molar-refractivity contribution is 0.0689. The van der Waals surface area contributed by atoms with E-state index >= 15 is 0 Å². The molecule has 0 aliphatic heterocycles.